The molecule has 0 fully saturated rings. The van der Waals surface area contributed by atoms with Gasteiger partial charge in [0, 0.05) is 12.1 Å². The zero-order chi connectivity index (χ0) is 12.5. The maximum Gasteiger partial charge on any atom is 0.416 e. The lowest BCUT2D eigenvalue weighted by atomic mass is 10.1. The van der Waals surface area contributed by atoms with Crippen molar-refractivity contribution in [1.82, 2.24) is 0 Å². The van der Waals surface area contributed by atoms with Gasteiger partial charge < -0.3 is 5.11 Å². The Labute approximate surface area is 88.5 Å². The molecular formula is C9H8F3NO3. The highest BCUT2D eigenvalue weighted by Gasteiger charge is 2.33. The Morgan fingerprint density at radius 1 is 1.38 bits per heavy atom. The topological polar surface area (TPSA) is 63.4 Å². The van der Waals surface area contributed by atoms with E-state index in [0.717, 1.165) is 6.07 Å². The second-order valence-corrected chi connectivity index (χ2v) is 3.24. The van der Waals surface area contributed by atoms with Crippen LogP contribution in [0.4, 0.5) is 18.9 Å². The number of aliphatic hydroxyl groups is 1. The van der Waals surface area contributed by atoms with E-state index < -0.39 is 28.5 Å². The summed E-state index contributed by atoms with van der Waals surface area (Å²) in [7, 11) is 0. The van der Waals surface area contributed by atoms with Crippen LogP contribution in [-0.2, 0) is 6.18 Å². The fourth-order valence-corrected chi connectivity index (χ4v) is 1.14. The van der Waals surface area contributed by atoms with Crippen LogP contribution in [0.25, 0.3) is 0 Å². The van der Waals surface area contributed by atoms with Crippen LogP contribution in [0.1, 0.15) is 24.2 Å². The summed E-state index contributed by atoms with van der Waals surface area (Å²) in [5.74, 6) is 0. The molecule has 4 nitrogen and oxygen atoms in total. The SMILES string of the molecule is C[C@@H](O)c1cc([N+](=O)[O-])cc(C(F)(F)F)c1. The van der Waals surface area contributed by atoms with Crippen molar-refractivity contribution in [2.75, 3.05) is 0 Å². The highest BCUT2D eigenvalue weighted by atomic mass is 19.4. The number of benzene rings is 1. The molecule has 0 radical (unpaired) electrons. The molecule has 0 aliphatic carbocycles. The number of nitro benzene ring substituents is 1. The predicted octanol–water partition coefficient (Wildman–Crippen LogP) is 2.67. The maximum absolute atomic E-state index is 12.4. The van der Waals surface area contributed by atoms with Gasteiger partial charge in [0.2, 0.25) is 0 Å². The lowest BCUT2D eigenvalue weighted by Gasteiger charge is -2.10. The molecule has 1 atom stereocenters. The van der Waals surface area contributed by atoms with E-state index in [1.54, 1.807) is 0 Å². The summed E-state index contributed by atoms with van der Waals surface area (Å²) in [6, 6.07) is 2.05. The number of aliphatic hydroxyl groups excluding tert-OH is 1. The van der Waals surface area contributed by atoms with Crippen molar-refractivity contribution in [3.05, 3.63) is 39.4 Å². The molecule has 0 aliphatic rings. The third kappa shape index (κ3) is 2.69. The first kappa shape index (κ1) is 12.4. The molecule has 7 heteroatoms. The first-order chi connectivity index (χ1) is 7.21. The van der Waals surface area contributed by atoms with Crippen molar-refractivity contribution in [2.24, 2.45) is 0 Å². The van der Waals surface area contributed by atoms with E-state index in [4.69, 9.17) is 5.11 Å². The van der Waals surface area contributed by atoms with Gasteiger partial charge in [-0.3, -0.25) is 10.1 Å². The Balaban J connectivity index is 3.36. The summed E-state index contributed by atoms with van der Waals surface area (Å²) < 4.78 is 37.1. The van der Waals surface area contributed by atoms with Crippen LogP contribution in [0, 0.1) is 10.1 Å². The first-order valence-electron chi connectivity index (χ1n) is 4.26. The molecule has 0 saturated carbocycles. The standard InChI is InChI=1S/C9H8F3NO3/c1-5(14)6-2-7(9(10,11)12)4-8(3-6)13(15)16/h2-5,14H,1H3/t5-/m1/s1. The van der Waals surface area contributed by atoms with Gasteiger partial charge in [-0.15, -0.1) is 0 Å². The number of halogens is 3. The number of nitro groups is 1. The third-order valence-electron chi connectivity index (χ3n) is 1.96. The van der Waals surface area contributed by atoms with Crippen molar-refractivity contribution in [3.8, 4) is 0 Å². The molecule has 88 valence electrons. The van der Waals surface area contributed by atoms with E-state index >= 15 is 0 Å². The molecule has 1 aromatic carbocycles. The number of alkyl halides is 3. The fraction of sp³-hybridized carbons (Fsp3) is 0.333. The molecule has 16 heavy (non-hydrogen) atoms. The number of nitrogens with zero attached hydrogens (tertiary/aromatic N) is 1. The molecule has 1 aromatic rings. The fourth-order valence-electron chi connectivity index (χ4n) is 1.14. The average Bonchev–Trinajstić information content (AvgIpc) is 2.15. The summed E-state index contributed by atoms with van der Waals surface area (Å²) >= 11 is 0. The van der Waals surface area contributed by atoms with Crippen molar-refractivity contribution in [2.45, 2.75) is 19.2 Å². The van der Waals surface area contributed by atoms with Gasteiger partial charge in [-0.05, 0) is 18.6 Å². The molecule has 0 saturated heterocycles. The second kappa shape index (κ2) is 4.09. The predicted molar refractivity (Wildman–Crippen MR) is 48.7 cm³/mol. The minimum absolute atomic E-state index is 0.137. The zero-order valence-corrected chi connectivity index (χ0v) is 8.15. The quantitative estimate of drug-likeness (QED) is 0.633. The number of hydrogen-bond donors (Lipinski definition) is 1. The van der Waals surface area contributed by atoms with Crippen molar-refractivity contribution >= 4 is 5.69 Å². The first-order valence-corrected chi connectivity index (χ1v) is 4.26. The van der Waals surface area contributed by atoms with E-state index in [1.165, 1.54) is 6.92 Å². The molecular weight excluding hydrogens is 227 g/mol. The molecule has 0 bridgehead atoms. The van der Waals surface area contributed by atoms with Crippen molar-refractivity contribution < 1.29 is 23.2 Å². The molecule has 0 unspecified atom stereocenters. The number of non-ortho nitro benzene ring substituents is 1. The monoisotopic (exact) mass is 235 g/mol. The maximum atomic E-state index is 12.4. The van der Waals surface area contributed by atoms with Gasteiger partial charge >= 0.3 is 6.18 Å². The summed E-state index contributed by atoms with van der Waals surface area (Å²) in [5.41, 5.74) is -1.97. The van der Waals surface area contributed by atoms with E-state index in [1.807, 2.05) is 0 Å². The highest BCUT2D eigenvalue weighted by Crippen LogP contribution is 2.33. The normalized spacial score (nSPS) is 13.6. The van der Waals surface area contributed by atoms with E-state index in [9.17, 15) is 23.3 Å². The molecule has 0 aromatic heterocycles. The molecule has 0 spiro atoms. The minimum Gasteiger partial charge on any atom is -0.389 e. The summed E-state index contributed by atoms with van der Waals surface area (Å²) in [6.07, 6.45) is -5.86. The minimum atomic E-state index is -4.67. The van der Waals surface area contributed by atoms with E-state index in [-0.39, 0.29) is 5.56 Å². The van der Waals surface area contributed by atoms with Gasteiger partial charge in [-0.25, -0.2) is 0 Å². The molecule has 0 amide bonds. The van der Waals surface area contributed by atoms with Gasteiger partial charge in [0.1, 0.15) is 0 Å². The van der Waals surface area contributed by atoms with Gasteiger partial charge in [-0.1, -0.05) is 0 Å². The Hall–Kier alpha value is -1.63. The number of hydrogen-bond acceptors (Lipinski definition) is 3. The van der Waals surface area contributed by atoms with Crippen molar-refractivity contribution in [1.29, 1.82) is 0 Å². The Morgan fingerprint density at radius 2 is 1.94 bits per heavy atom. The smallest absolute Gasteiger partial charge is 0.389 e. The van der Waals surface area contributed by atoms with Gasteiger partial charge in [0.25, 0.3) is 5.69 Å². The van der Waals surface area contributed by atoms with Crippen LogP contribution in [-0.4, -0.2) is 10.0 Å². The van der Waals surface area contributed by atoms with Crippen molar-refractivity contribution in [3.63, 3.8) is 0 Å². The second-order valence-electron chi connectivity index (χ2n) is 3.24. The third-order valence-corrected chi connectivity index (χ3v) is 1.96. The Morgan fingerprint density at radius 3 is 2.31 bits per heavy atom. The molecule has 0 aliphatic heterocycles. The summed E-state index contributed by atoms with van der Waals surface area (Å²) in [4.78, 5) is 9.48. The van der Waals surface area contributed by atoms with Gasteiger partial charge in [0.15, 0.2) is 0 Å². The average molecular weight is 235 g/mol. The molecule has 0 heterocycles. The van der Waals surface area contributed by atoms with E-state index in [0.29, 0.717) is 12.1 Å². The van der Waals surface area contributed by atoms with Crippen LogP contribution < -0.4 is 0 Å². The zero-order valence-electron chi connectivity index (χ0n) is 8.15. The summed E-state index contributed by atoms with van der Waals surface area (Å²) in [5, 5.41) is 19.5. The van der Waals surface area contributed by atoms with E-state index in [2.05, 4.69) is 0 Å². The highest BCUT2D eigenvalue weighted by molar-refractivity contribution is 5.41. The van der Waals surface area contributed by atoms with Gasteiger partial charge in [-0.2, -0.15) is 13.2 Å². The van der Waals surface area contributed by atoms with Crippen LogP contribution in [0.3, 0.4) is 0 Å². The number of rotatable bonds is 2. The molecule has 1 rings (SSSR count). The van der Waals surface area contributed by atoms with Gasteiger partial charge in [0.05, 0.1) is 16.6 Å². The van der Waals surface area contributed by atoms with Crippen LogP contribution in [0.5, 0.6) is 0 Å². The summed E-state index contributed by atoms with van der Waals surface area (Å²) in [6.45, 7) is 1.24. The Kier molecular flexibility index (Phi) is 3.18. The van der Waals surface area contributed by atoms with Crippen LogP contribution >= 0.6 is 0 Å². The lowest BCUT2D eigenvalue weighted by molar-refractivity contribution is -0.385. The Bertz CT molecular complexity index is 415. The lowest BCUT2D eigenvalue weighted by Crippen LogP contribution is -2.07. The van der Waals surface area contributed by atoms with Crippen LogP contribution in [0.15, 0.2) is 18.2 Å². The molecule has 1 N–H and O–H groups in total. The van der Waals surface area contributed by atoms with Crippen LogP contribution in [0.2, 0.25) is 0 Å². The largest absolute Gasteiger partial charge is 0.416 e.